The average molecular weight is 446 g/mol. The predicted molar refractivity (Wildman–Crippen MR) is 103 cm³/mol. The van der Waals surface area contributed by atoms with Gasteiger partial charge in [-0.15, -0.1) is 10.2 Å². The lowest BCUT2D eigenvalue weighted by Crippen LogP contribution is -2.19. The highest BCUT2D eigenvalue weighted by atomic mass is 79.9. The summed E-state index contributed by atoms with van der Waals surface area (Å²) in [5.74, 6) is 1.11. The van der Waals surface area contributed by atoms with Gasteiger partial charge in [0.1, 0.15) is 0 Å². The van der Waals surface area contributed by atoms with Crippen LogP contribution >= 0.6 is 39.0 Å². The smallest absolute Gasteiger partial charge is 0.250 e. The van der Waals surface area contributed by atoms with Crippen molar-refractivity contribution in [3.8, 4) is 11.5 Å². The summed E-state index contributed by atoms with van der Waals surface area (Å²) in [6.07, 6.45) is 1.52. The van der Waals surface area contributed by atoms with Gasteiger partial charge < -0.3 is 15.2 Å². The summed E-state index contributed by atoms with van der Waals surface area (Å²) in [5, 5.41) is 11.8. The Kier molecular flexibility index (Phi) is 7.47. The van der Waals surface area contributed by atoms with E-state index in [9.17, 15) is 4.79 Å². The van der Waals surface area contributed by atoms with Gasteiger partial charge in [0.25, 0.3) is 5.91 Å². The number of anilines is 1. The van der Waals surface area contributed by atoms with Crippen LogP contribution in [0.5, 0.6) is 11.5 Å². The van der Waals surface area contributed by atoms with Crippen LogP contribution in [0.15, 0.2) is 26.0 Å². The first-order valence-corrected chi connectivity index (χ1v) is 9.67. The Morgan fingerprint density at radius 2 is 2.32 bits per heavy atom. The molecule has 0 saturated carbocycles. The third-order valence-corrected chi connectivity index (χ3v) is 5.17. The van der Waals surface area contributed by atoms with E-state index in [1.54, 1.807) is 13.2 Å². The Balaban J connectivity index is 1.92. The van der Waals surface area contributed by atoms with Crippen LogP contribution in [0.1, 0.15) is 12.5 Å². The first-order chi connectivity index (χ1) is 12.0. The molecule has 1 aromatic heterocycles. The Labute approximate surface area is 161 Å². The number of benzene rings is 1. The van der Waals surface area contributed by atoms with Gasteiger partial charge in [0.05, 0.1) is 30.2 Å². The van der Waals surface area contributed by atoms with Gasteiger partial charge in [-0.3, -0.25) is 4.79 Å². The summed E-state index contributed by atoms with van der Waals surface area (Å²) in [4.78, 5) is 11.8. The van der Waals surface area contributed by atoms with Crippen LogP contribution in [0.3, 0.4) is 0 Å². The maximum absolute atomic E-state index is 11.8. The number of carbonyl (C=O) groups excluding carboxylic acids is 1. The molecule has 0 saturated heterocycles. The molecule has 11 heteroatoms. The normalized spacial score (nSPS) is 10.8. The maximum Gasteiger partial charge on any atom is 0.250 e. The summed E-state index contributed by atoms with van der Waals surface area (Å²) < 4.78 is 12.2. The second-order valence-electron chi connectivity index (χ2n) is 4.46. The number of hydrazone groups is 1. The van der Waals surface area contributed by atoms with E-state index < -0.39 is 0 Å². The summed E-state index contributed by atoms with van der Waals surface area (Å²) >= 11 is 5.91. The number of hydrogen-bond donors (Lipinski definition) is 2. The standard InChI is InChI=1S/C14H16BrN5O3S2/c1-3-23-12-9(15)4-8(5-10(12)22-2)6-17-18-11(21)7-24-14-20-19-13(16)25-14/h4-6H,3,7H2,1-2H3,(H2,16,19)(H,18,21). The van der Waals surface area contributed by atoms with Gasteiger partial charge in [-0.1, -0.05) is 23.1 Å². The number of nitrogens with zero attached hydrogens (tertiary/aromatic N) is 3. The molecule has 0 aliphatic rings. The van der Waals surface area contributed by atoms with Gasteiger partial charge in [0, 0.05) is 0 Å². The molecule has 134 valence electrons. The molecule has 1 aromatic carbocycles. The Morgan fingerprint density at radius 1 is 1.52 bits per heavy atom. The highest BCUT2D eigenvalue weighted by Gasteiger charge is 2.10. The molecule has 2 aromatic rings. The second kappa shape index (κ2) is 9.59. The van der Waals surface area contributed by atoms with Crippen LogP contribution in [0, 0.1) is 0 Å². The summed E-state index contributed by atoms with van der Waals surface area (Å²) in [6, 6.07) is 3.59. The highest BCUT2D eigenvalue weighted by molar-refractivity contribution is 9.10. The van der Waals surface area contributed by atoms with Crippen molar-refractivity contribution in [3.05, 3.63) is 22.2 Å². The number of nitrogens with two attached hydrogens (primary N) is 1. The molecule has 2 rings (SSSR count). The number of methoxy groups -OCH3 is 1. The zero-order valence-corrected chi connectivity index (χ0v) is 16.7. The van der Waals surface area contributed by atoms with Crippen LogP contribution in [0.2, 0.25) is 0 Å². The number of nitrogen functional groups attached to an aromatic ring is 1. The van der Waals surface area contributed by atoms with E-state index in [0.717, 1.165) is 10.0 Å². The molecule has 0 radical (unpaired) electrons. The molecule has 3 N–H and O–H groups in total. The monoisotopic (exact) mass is 445 g/mol. The largest absolute Gasteiger partial charge is 0.493 e. The van der Waals surface area contributed by atoms with Crippen molar-refractivity contribution in [2.45, 2.75) is 11.3 Å². The van der Waals surface area contributed by atoms with Gasteiger partial charge in [-0.05, 0) is 40.5 Å². The van der Waals surface area contributed by atoms with E-state index in [-0.39, 0.29) is 11.7 Å². The summed E-state index contributed by atoms with van der Waals surface area (Å²) in [6.45, 7) is 2.42. The molecule has 0 bridgehead atoms. The topological polar surface area (TPSA) is 112 Å². The highest BCUT2D eigenvalue weighted by Crippen LogP contribution is 2.36. The van der Waals surface area contributed by atoms with Gasteiger partial charge in [0.15, 0.2) is 15.8 Å². The van der Waals surface area contributed by atoms with Crippen molar-refractivity contribution in [1.29, 1.82) is 0 Å². The zero-order valence-electron chi connectivity index (χ0n) is 13.5. The number of rotatable bonds is 8. The average Bonchev–Trinajstić information content (AvgIpc) is 3.00. The number of halogens is 1. The van der Waals surface area contributed by atoms with Gasteiger partial charge in [-0.25, -0.2) is 5.43 Å². The minimum absolute atomic E-state index is 0.169. The first kappa shape index (κ1) is 19.5. The lowest BCUT2D eigenvalue weighted by atomic mass is 10.2. The SMILES string of the molecule is CCOc1c(Br)cc(C=NNC(=O)CSc2nnc(N)s2)cc1OC. The van der Waals surface area contributed by atoms with Gasteiger partial charge in [0.2, 0.25) is 5.13 Å². The van der Waals surface area contributed by atoms with E-state index in [2.05, 4.69) is 36.7 Å². The molecule has 0 aliphatic heterocycles. The fourth-order valence-electron chi connectivity index (χ4n) is 1.72. The van der Waals surface area contributed by atoms with E-state index in [4.69, 9.17) is 15.2 Å². The molecule has 0 atom stereocenters. The Hall–Kier alpha value is -1.85. The van der Waals surface area contributed by atoms with E-state index >= 15 is 0 Å². The number of amides is 1. The van der Waals surface area contributed by atoms with Crippen molar-refractivity contribution in [1.82, 2.24) is 15.6 Å². The second-order valence-corrected chi connectivity index (χ2v) is 7.54. The van der Waals surface area contributed by atoms with E-state index in [1.807, 2.05) is 13.0 Å². The van der Waals surface area contributed by atoms with E-state index in [0.29, 0.717) is 27.6 Å². The van der Waals surface area contributed by atoms with Crippen molar-refractivity contribution < 1.29 is 14.3 Å². The molecule has 0 aliphatic carbocycles. The fraction of sp³-hybridized carbons (Fsp3) is 0.286. The number of thioether (sulfide) groups is 1. The Morgan fingerprint density at radius 3 is 2.96 bits per heavy atom. The molecule has 0 unspecified atom stereocenters. The number of carbonyl (C=O) groups is 1. The third-order valence-electron chi connectivity index (χ3n) is 2.69. The lowest BCUT2D eigenvalue weighted by Gasteiger charge is -2.11. The quantitative estimate of drug-likeness (QED) is 0.364. The Bertz CT molecular complexity index is 769. The molecule has 1 amide bonds. The van der Waals surface area contributed by atoms with E-state index in [1.165, 1.54) is 29.3 Å². The molecular weight excluding hydrogens is 430 g/mol. The van der Waals surface area contributed by atoms with Crippen LogP contribution in [-0.2, 0) is 4.79 Å². The number of aromatic nitrogens is 2. The third kappa shape index (κ3) is 5.87. The van der Waals surface area contributed by atoms with Crippen molar-refractivity contribution in [2.75, 3.05) is 25.2 Å². The number of ether oxygens (including phenoxy) is 2. The maximum atomic E-state index is 11.8. The van der Waals surface area contributed by atoms with Crippen molar-refractivity contribution in [2.24, 2.45) is 5.10 Å². The zero-order chi connectivity index (χ0) is 18.2. The molecule has 0 fully saturated rings. The molecular formula is C14H16BrN5O3S2. The van der Waals surface area contributed by atoms with Gasteiger partial charge in [-0.2, -0.15) is 5.10 Å². The predicted octanol–water partition coefficient (Wildman–Crippen LogP) is 2.53. The molecule has 0 spiro atoms. The van der Waals surface area contributed by atoms with Crippen molar-refractivity contribution in [3.63, 3.8) is 0 Å². The number of hydrogen-bond acceptors (Lipinski definition) is 9. The molecule has 25 heavy (non-hydrogen) atoms. The van der Waals surface area contributed by atoms with Crippen LogP contribution < -0.4 is 20.6 Å². The summed E-state index contributed by atoms with van der Waals surface area (Å²) in [7, 11) is 1.56. The lowest BCUT2D eigenvalue weighted by molar-refractivity contribution is -0.118. The minimum Gasteiger partial charge on any atom is -0.493 e. The van der Waals surface area contributed by atoms with Crippen LogP contribution in [0.4, 0.5) is 5.13 Å². The molecule has 1 heterocycles. The fourth-order valence-corrected chi connectivity index (χ4v) is 3.72. The first-order valence-electron chi connectivity index (χ1n) is 7.07. The molecule has 8 nitrogen and oxygen atoms in total. The van der Waals surface area contributed by atoms with Gasteiger partial charge >= 0.3 is 0 Å². The van der Waals surface area contributed by atoms with Crippen LogP contribution in [-0.4, -0.2) is 41.8 Å². The minimum atomic E-state index is -0.257. The summed E-state index contributed by atoms with van der Waals surface area (Å²) in [5.41, 5.74) is 8.68. The van der Waals surface area contributed by atoms with Crippen LogP contribution in [0.25, 0.3) is 0 Å². The number of nitrogens with one attached hydrogen (secondary N) is 1. The van der Waals surface area contributed by atoms with Crippen molar-refractivity contribution >= 4 is 56.3 Å².